The third kappa shape index (κ3) is 1.66. The molecule has 0 saturated heterocycles. The molecule has 2 nitrogen and oxygen atoms in total. The Hall–Kier alpha value is -0.0800. The van der Waals surface area contributed by atoms with E-state index in [-0.39, 0.29) is 0 Å². The summed E-state index contributed by atoms with van der Waals surface area (Å²) >= 11 is 0. The molecule has 0 aromatic carbocycles. The number of quaternary nitrogens is 1. The molecular weight excluding hydrogens is 114 g/mol. The van der Waals surface area contributed by atoms with Crippen molar-refractivity contribution in [2.24, 2.45) is 0 Å². The first-order valence-electron chi connectivity index (χ1n) is 3.78. The van der Waals surface area contributed by atoms with E-state index in [0.29, 0.717) is 6.54 Å². The van der Waals surface area contributed by atoms with Crippen molar-refractivity contribution in [2.45, 2.75) is 37.7 Å². The lowest BCUT2D eigenvalue weighted by atomic mass is 9.85. The van der Waals surface area contributed by atoms with Crippen LogP contribution in [0.4, 0.5) is 0 Å². The van der Waals surface area contributed by atoms with E-state index in [1.807, 2.05) is 0 Å². The Labute approximate surface area is 56.1 Å². The number of hydrogen-bond donors (Lipinski definition) is 2. The highest BCUT2D eigenvalue weighted by Gasteiger charge is 2.28. The smallest absolute Gasteiger partial charge is 0.113 e. The molecular formula is C7H16NO+. The van der Waals surface area contributed by atoms with Crippen LogP contribution in [-0.4, -0.2) is 17.3 Å². The van der Waals surface area contributed by atoms with Crippen molar-refractivity contribution in [1.29, 1.82) is 0 Å². The maximum absolute atomic E-state index is 9.62. The van der Waals surface area contributed by atoms with Crippen molar-refractivity contribution in [3.8, 4) is 0 Å². The van der Waals surface area contributed by atoms with Crippen LogP contribution in [-0.2, 0) is 0 Å². The highest BCUT2D eigenvalue weighted by atomic mass is 16.3. The van der Waals surface area contributed by atoms with E-state index in [9.17, 15) is 5.11 Å². The fraction of sp³-hybridized carbons (Fsp3) is 1.00. The summed E-state index contributed by atoms with van der Waals surface area (Å²) in [4.78, 5) is 0. The van der Waals surface area contributed by atoms with Crippen molar-refractivity contribution >= 4 is 0 Å². The van der Waals surface area contributed by atoms with E-state index in [4.69, 9.17) is 0 Å². The number of rotatable bonds is 1. The van der Waals surface area contributed by atoms with Gasteiger partial charge < -0.3 is 10.8 Å². The van der Waals surface area contributed by atoms with Gasteiger partial charge in [0.15, 0.2) is 0 Å². The van der Waals surface area contributed by atoms with Gasteiger partial charge in [0, 0.05) is 0 Å². The highest BCUT2D eigenvalue weighted by Crippen LogP contribution is 2.25. The normalized spacial score (nSPS) is 26.0. The summed E-state index contributed by atoms with van der Waals surface area (Å²) in [6.45, 7) is 0.688. The number of hydrogen-bond acceptors (Lipinski definition) is 1. The Kier molecular flexibility index (Phi) is 2.09. The lowest BCUT2D eigenvalue weighted by Gasteiger charge is -2.28. The summed E-state index contributed by atoms with van der Waals surface area (Å²) in [6, 6.07) is 0. The van der Waals surface area contributed by atoms with Crippen LogP contribution in [0.3, 0.4) is 0 Å². The molecule has 2 heteroatoms. The Bertz CT molecular complexity index is 86.9. The molecule has 0 aromatic heterocycles. The second-order valence-electron chi connectivity index (χ2n) is 3.04. The molecule has 0 bridgehead atoms. The van der Waals surface area contributed by atoms with E-state index in [0.717, 1.165) is 12.8 Å². The Balaban J connectivity index is 2.37. The Morgan fingerprint density at radius 1 is 1.22 bits per heavy atom. The maximum Gasteiger partial charge on any atom is 0.113 e. The van der Waals surface area contributed by atoms with Gasteiger partial charge in [-0.05, 0) is 12.8 Å². The van der Waals surface area contributed by atoms with Crippen molar-refractivity contribution in [3.63, 3.8) is 0 Å². The first-order chi connectivity index (χ1) is 4.27. The van der Waals surface area contributed by atoms with E-state index < -0.39 is 5.60 Å². The highest BCUT2D eigenvalue weighted by molar-refractivity contribution is 4.80. The third-order valence-electron chi connectivity index (χ3n) is 2.25. The van der Waals surface area contributed by atoms with Gasteiger partial charge in [0.2, 0.25) is 0 Å². The van der Waals surface area contributed by atoms with Gasteiger partial charge in [-0.25, -0.2) is 0 Å². The van der Waals surface area contributed by atoms with Crippen LogP contribution in [0.1, 0.15) is 32.1 Å². The summed E-state index contributed by atoms with van der Waals surface area (Å²) in [7, 11) is 0. The maximum atomic E-state index is 9.62. The monoisotopic (exact) mass is 130 g/mol. The molecule has 0 spiro atoms. The Morgan fingerprint density at radius 2 is 1.78 bits per heavy atom. The molecule has 4 N–H and O–H groups in total. The molecule has 1 aliphatic carbocycles. The lowest BCUT2D eigenvalue weighted by Crippen LogP contribution is -2.62. The van der Waals surface area contributed by atoms with Crippen LogP contribution in [0.2, 0.25) is 0 Å². The van der Waals surface area contributed by atoms with Gasteiger partial charge in [0.1, 0.15) is 12.1 Å². The van der Waals surface area contributed by atoms with E-state index in [1.165, 1.54) is 19.3 Å². The van der Waals surface area contributed by atoms with E-state index in [1.54, 1.807) is 0 Å². The zero-order valence-electron chi connectivity index (χ0n) is 5.90. The Morgan fingerprint density at radius 3 is 2.11 bits per heavy atom. The van der Waals surface area contributed by atoms with Crippen molar-refractivity contribution in [2.75, 3.05) is 6.54 Å². The molecule has 1 fully saturated rings. The van der Waals surface area contributed by atoms with Gasteiger partial charge in [-0.2, -0.15) is 0 Å². The van der Waals surface area contributed by atoms with Crippen LogP contribution < -0.4 is 5.73 Å². The third-order valence-corrected chi connectivity index (χ3v) is 2.25. The molecule has 0 radical (unpaired) electrons. The molecule has 1 saturated carbocycles. The topological polar surface area (TPSA) is 47.9 Å². The first-order valence-corrected chi connectivity index (χ1v) is 3.78. The molecule has 1 rings (SSSR count). The molecule has 0 aromatic rings. The summed E-state index contributed by atoms with van der Waals surface area (Å²) in [6.07, 6.45) is 5.60. The molecule has 0 amide bonds. The van der Waals surface area contributed by atoms with Gasteiger partial charge >= 0.3 is 0 Å². The average Bonchev–Trinajstić information content (AvgIpc) is 1.90. The van der Waals surface area contributed by atoms with Crippen molar-refractivity contribution in [3.05, 3.63) is 0 Å². The SMILES string of the molecule is [NH3+]CC1(O)CCCCC1. The molecule has 0 unspecified atom stereocenters. The second kappa shape index (κ2) is 2.67. The second-order valence-corrected chi connectivity index (χ2v) is 3.04. The fourth-order valence-electron chi connectivity index (χ4n) is 1.46. The largest absolute Gasteiger partial charge is 0.384 e. The van der Waals surface area contributed by atoms with Crippen LogP contribution in [0.25, 0.3) is 0 Å². The minimum atomic E-state index is -0.391. The lowest BCUT2D eigenvalue weighted by molar-refractivity contribution is -0.402. The quantitative estimate of drug-likeness (QED) is 0.512. The van der Waals surface area contributed by atoms with Gasteiger partial charge in [-0.3, -0.25) is 0 Å². The van der Waals surface area contributed by atoms with E-state index in [2.05, 4.69) is 5.73 Å². The minimum Gasteiger partial charge on any atom is -0.384 e. The fourth-order valence-corrected chi connectivity index (χ4v) is 1.46. The minimum absolute atomic E-state index is 0.391. The summed E-state index contributed by atoms with van der Waals surface area (Å²) in [5, 5.41) is 9.62. The molecule has 0 aliphatic heterocycles. The van der Waals surface area contributed by atoms with Crippen LogP contribution >= 0.6 is 0 Å². The van der Waals surface area contributed by atoms with Gasteiger partial charge in [-0.1, -0.05) is 19.3 Å². The molecule has 0 atom stereocenters. The average molecular weight is 130 g/mol. The molecule has 1 aliphatic rings. The molecule has 54 valence electrons. The van der Waals surface area contributed by atoms with Crippen LogP contribution in [0.15, 0.2) is 0 Å². The van der Waals surface area contributed by atoms with Gasteiger partial charge in [-0.15, -0.1) is 0 Å². The zero-order chi connectivity index (χ0) is 6.74. The first kappa shape index (κ1) is 7.03. The van der Waals surface area contributed by atoms with Gasteiger partial charge in [0.05, 0.1) is 0 Å². The standard InChI is InChI=1S/C7H15NO/c8-6-7(9)4-2-1-3-5-7/h9H,1-6,8H2/p+1. The molecule has 9 heavy (non-hydrogen) atoms. The van der Waals surface area contributed by atoms with Crippen LogP contribution in [0, 0.1) is 0 Å². The predicted octanol–water partition coefficient (Wildman–Crippen LogP) is -0.0765. The summed E-state index contributed by atoms with van der Waals surface area (Å²) in [5.41, 5.74) is 3.34. The summed E-state index contributed by atoms with van der Waals surface area (Å²) in [5.74, 6) is 0. The predicted molar refractivity (Wildman–Crippen MR) is 35.8 cm³/mol. The van der Waals surface area contributed by atoms with Crippen molar-refractivity contribution < 1.29 is 10.8 Å². The van der Waals surface area contributed by atoms with Crippen molar-refractivity contribution in [1.82, 2.24) is 0 Å². The number of aliphatic hydroxyl groups is 1. The molecule has 0 heterocycles. The van der Waals surface area contributed by atoms with Crippen LogP contribution in [0.5, 0.6) is 0 Å². The summed E-state index contributed by atoms with van der Waals surface area (Å²) < 4.78 is 0. The zero-order valence-corrected chi connectivity index (χ0v) is 5.90. The van der Waals surface area contributed by atoms with E-state index >= 15 is 0 Å². The van der Waals surface area contributed by atoms with Gasteiger partial charge in [0.25, 0.3) is 0 Å².